The van der Waals surface area contributed by atoms with Gasteiger partial charge in [0.15, 0.2) is 0 Å². The summed E-state index contributed by atoms with van der Waals surface area (Å²) in [6.07, 6.45) is 14.5. The molecule has 1 heterocycles. The third-order valence-corrected chi connectivity index (χ3v) is 6.02. The number of nitrogens with zero attached hydrogens (tertiary/aromatic N) is 1. The van der Waals surface area contributed by atoms with Crippen LogP contribution in [0, 0.1) is 11.8 Å². The van der Waals surface area contributed by atoms with E-state index in [1.54, 1.807) is 0 Å². The van der Waals surface area contributed by atoms with E-state index in [2.05, 4.69) is 17.1 Å². The summed E-state index contributed by atoms with van der Waals surface area (Å²) in [5.74, 6) is 1.94. The number of likely N-dealkylation sites (tertiary alicyclic amines) is 1. The van der Waals surface area contributed by atoms with Gasteiger partial charge in [0.1, 0.15) is 0 Å². The normalized spacial score (nSPS) is 33.5. The van der Waals surface area contributed by atoms with Crippen molar-refractivity contribution < 1.29 is 0 Å². The van der Waals surface area contributed by atoms with E-state index in [4.69, 9.17) is 0 Å². The van der Waals surface area contributed by atoms with E-state index in [1.165, 1.54) is 83.8 Å². The van der Waals surface area contributed by atoms with E-state index in [1.807, 2.05) is 0 Å². The summed E-state index contributed by atoms with van der Waals surface area (Å²) in [4.78, 5) is 2.83. The molecule has 0 aromatic heterocycles. The molecule has 3 rings (SSSR count). The van der Waals surface area contributed by atoms with Gasteiger partial charge in [-0.05, 0) is 56.9 Å². The molecule has 20 heavy (non-hydrogen) atoms. The van der Waals surface area contributed by atoms with Crippen molar-refractivity contribution in [1.29, 1.82) is 0 Å². The van der Waals surface area contributed by atoms with Crippen LogP contribution >= 0.6 is 0 Å². The highest BCUT2D eigenvalue weighted by Gasteiger charge is 2.33. The first-order valence-corrected chi connectivity index (χ1v) is 9.32. The summed E-state index contributed by atoms with van der Waals surface area (Å²) in [6.45, 7) is 6.36. The van der Waals surface area contributed by atoms with Gasteiger partial charge in [-0.1, -0.05) is 32.6 Å². The van der Waals surface area contributed by atoms with Crippen LogP contribution in [0.1, 0.15) is 71.1 Å². The summed E-state index contributed by atoms with van der Waals surface area (Å²) in [5, 5.41) is 3.94. The van der Waals surface area contributed by atoms with Gasteiger partial charge < -0.3 is 5.32 Å². The molecule has 1 aliphatic heterocycles. The Morgan fingerprint density at radius 2 is 1.75 bits per heavy atom. The van der Waals surface area contributed by atoms with E-state index in [0.717, 1.165) is 23.9 Å². The predicted molar refractivity (Wildman–Crippen MR) is 86.0 cm³/mol. The van der Waals surface area contributed by atoms with Crippen LogP contribution in [0.5, 0.6) is 0 Å². The molecule has 1 saturated heterocycles. The lowest BCUT2D eigenvalue weighted by Crippen LogP contribution is -2.54. The third-order valence-electron chi connectivity index (χ3n) is 6.02. The summed E-state index contributed by atoms with van der Waals surface area (Å²) >= 11 is 0. The Balaban J connectivity index is 1.48. The molecule has 2 nitrogen and oxygen atoms in total. The molecule has 0 aromatic carbocycles. The molecule has 3 fully saturated rings. The van der Waals surface area contributed by atoms with Gasteiger partial charge >= 0.3 is 0 Å². The van der Waals surface area contributed by atoms with Crippen LogP contribution in [0.15, 0.2) is 0 Å². The van der Waals surface area contributed by atoms with Crippen molar-refractivity contribution in [2.45, 2.75) is 83.2 Å². The van der Waals surface area contributed by atoms with E-state index in [9.17, 15) is 0 Å². The standard InChI is InChI=1S/C18H34N2/c1-2-6-16-11-17(19-12-15-7-3-4-8-15)14-20(13-16)18-9-5-10-18/h15-19H,2-14H2,1H3. The summed E-state index contributed by atoms with van der Waals surface area (Å²) < 4.78 is 0. The number of hydrogen-bond acceptors (Lipinski definition) is 2. The first-order chi connectivity index (χ1) is 9.85. The maximum atomic E-state index is 3.94. The molecule has 0 amide bonds. The lowest BCUT2D eigenvalue weighted by atomic mass is 9.85. The van der Waals surface area contributed by atoms with Crippen molar-refractivity contribution in [3.05, 3.63) is 0 Å². The van der Waals surface area contributed by atoms with E-state index < -0.39 is 0 Å². The van der Waals surface area contributed by atoms with Crippen molar-refractivity contribution in [3.63, 3.8) is 0 Å². The van der Waals surface area contributed by atoms with Gasteiger partial charge in [-0.2, -0.15) is 0 Å². The second kappa shape index (κ2) is 7.26. The van der Waals surface area contributed by atoms with Gasteiger partial charge in [-0.15, -0.1) is 0 Å². The number of rotatable bonds is 6. The minimum atomic E-state index is 0.779. The van der Waals surface area contributed by atoms with Crippen LogP contribution in [0.3, 0.4) is 0 Å². The minimum Gasteiger partial charge on any atom is -0.312 e. The Labute approximate surface area is 125 Å². The van der Waals surface area contributed by atoms with Gasteiger partial charge in [-0.3, -0.25) is 4.90 Å². The quantitative estimate of drug-likeness (QED) is 0.795. The number of hydrogen-bond donors (Lipinski definition) is 1. The molecule has 0 spiro atoms. The van der Waals surface area contributed by atoms with Gasteiger partial charge in [0, 0.05) is 25.2 Å². The molecular formula is C18H34N2. The Hall–Kier alpha value is -0.0800. The SMILES string of the molecule is CCCC1CC(NCC2CCCC2)CN(C2CCC2)C1. The highest BCUT2D eigenvalue weighted by Crippen LogP contribution is 2.31. The van der Waals surface area contributed by atoms with Crippen molar-refractivity contribution in [2.24, 2.45) is 11.8 Å². The van der Waals surface area contributed by atoms with E-state index in [0.29, 0.717) is 0 Å². The van der Waals surface area contributed by atoms with Gasteiger partial charge in [-0.25, -0.2) is 0 Å². The maximum absolute atomic E-state index is 3.94. The molecule has 0 radical (unpaired) electrons. The molecule has 116 valence electrons. The smallest absolute Gasteiger partial charge is 0.0198 e. The van der Waals surface area contributed by atoms with Gasteiger partial charge in [0.2, 0.25) is 0 Å². The second-order valence-electron chi connectivity index (χ2n) is 7.68. The highest BCUT2D eigenvalue weighted by molar-refractivity contribution is 4.90. The average molecular weight is 278 g/mol. The Morgan fingerprint density at radius 3 is 2.40 bits per heavy atom. The molecular weight excluding hydrogens is 244 g/mol. The molecule has 3 aliphatic rings. The van der Waals surface area contributed by atoms with Crippen molar-refractivity contribution in [1.82, 2.24) is 10.2 Å². The molecule has 2 unspecified atom stereocenters. The van der Waals surface area contributed by atoms with Crippen LogP contribution in [0.4, 0.5) is 0 Å². The fourth-order valence-electron chi connectivity index (χ4n) is 4.60. The Bertz CT molecular complexity index is 281. The number of piperidine rings is 1. The van der Waals surface area contributed by atoms with Crippen LogP contribution in [-0.4, -0.2) is 36.6 Å². The first kappa shape index (κ1) is 14.8. The zero-order valence-electron chi connectivity index (χ0n) is 13.4. The first-order valence-electron chi connectivity index (χ1n) is 9.32. The summed E-state index contributed by atoms with van der Waals surface area (Å²) in [5.41, 5.74) is 0. The Kier molecular flexibility index (Phi) is 5.39. The third kappa shape index (κ3) is 3.76. The molecule has 2 heteroatoms. The minimum absolute atomic E-state index is 0.779. The van der Waals surface area contributed by atoms with Gasteiger partial charge in [0.25, 0.3) is 0 Å². The summed E-state index contributed by atoms with van der Waals surface area (Å²) in [6, 6.07) is 1.71. The maximum Gasteiger partial charge on any atom is 0.0198 e. The molecule has 2 atom stereocenters. The van der Waals surface area contributed by atoms with Crippen LogP contribution < -0.4 is 5.32 Å². The highest BCUT2D eigenvalue weighted by atomic mass is 15.2. The van der Waals surface area contributed by atoms with Crippen molar-refractivity contribution in [3.8, 4) is 0 Å². The number of nitrogens with one attached hydrogen (secondary N) is 1. The largest absolute Gasteiger partial charge is 0.312 e. The topological polar surface area (TPSA) is 15.3 Å². The fourth-order valence-corrected chi connectivity index (χ4v) is 4.60. The zero-order chi connectivity index (χ0) is 13.8. The van der Waals surface area contributed by atoms with Crippen molar-refractivity contribution in [2.75, 3.05) is 19.6 Å². The molecule has 1 N–H and O–H groups in total. The zero-order valence-corrected chi connectivity index (χ0v) is 13.4. The van der Waals surface area contributed by atoms with Gasteiger partial charge in [0.05, 0.1) is 0 Å². The molecule has 0 bridgehead atoms. The molecule has 2 aliphatic carbocycles. The van der Waals surface area contributed by atoms with Crippen LogP contribution in [0.2, 0.25) is 0 Å². The predicted octanol–water partition coefficient (Wildman–Crippen LogP) is 3.81. The molecule has 2 saturated carbocycles. The summed E-state index contributed by atoms with van der Waals surface area (Å²) in [7, 11) is 0. The Morgan fingerprint density at radius 1 is 0.950 bits per heavy atom. The average Bonchev–Trinajstić information content (AvgIpc) is 2.87. The van der Waals surface area contributed by atoms with Crippen LogP contribution in [0.25, 0.3) is 0 Å². The van der Waals surface area contributed by atoms with E-state index >= 15 is 0 Å². The van der Waals surface area contributed by atoms with E-state index in [-0.39, 0.29) is 0 Å². The lowest BCUT2D eigenvalue weighted by molar-refractivity contribution is 0.0551. The second-order valence-corrected chi connectivity index (χ2v) is 7.68. The molecule has 0 aromatic rings. The van der Waals surface area contributed by atoms with Crippen LogP contribution in [-0.2, 0) is 0 Å². The monoisotopic (exact) mass is 278 g/mol. The lowest BCUT2D eigenvalue weighted by Gasteiger charge is -2.45. The fraction of sp³-hybridized carbons (Fsp3) is 1.00. The van der Waals surface area contributed by atoms with Crippen molar-refractivity contribution >= 4 is 0 Å².